The maximum absolute atomic E-state index is 5.82. The van der Waals surface area contributed by atoms with Crippen LogP contribution in [0.15, 0.2) is 17.3 Å². The van der Waals surface area contributed by atoms with Gasteiger partial charge in [-0.2, -0.15) is 0 Å². The van der Waals surface area contributed by atoms with E-state index in [0.717, 1.165) is 5.03 Å². The number of hydrogen-bond donors (Lipinski definition) is 2. The number of nitrogen functional groups attached to an aromatic ring is 2. The van der Waals surface area contributed by atoms with Crippen molar-refractivity contribution in [3.05, 3.63) is 12.3 Å². The summed E-state index contributed by atoms with van der Waals surface area (Å²) in [5, 5.41) is 1.33. The van der Waals surface area contributed by atoms with Gasteiger partial charge in [0.1, 0.15) is 5.03 Å². The van der Waals surface area contributed by atoms with E-state index in [2.05, 4.69) is 25.8 Å². The lowest BCUT2D eigenvalue weighted by Crippen LogP contribution is -2.07. The molecular formula is C10H17N3S. The lowest BCUT2D eigenvalue weighted by atomic mass is 10.2. The van der Waals surface area contributed by atoms with E-state index in [0.29, 0.717) is 22.5 Å². The Kier molecular flexibility index (Phi) is 3.63. The first-order valence-electron chi connectivity index (χ1n) is 4.69. The highest BCUT2D eigenvalue weighted by Gasteiger charge is 2.12. The van der Waals surface area contributed by atoms with E-state index in [1.807, 2.05) is 0 Å². The van der Waals surface area contributed by atoms with E-state index in [9.17, 15) is 0 Å². The lowest BCUT2D eigenvalue weighted by molar-refractivity contribution is 0.641. The van der Waals surface area contributed by atoms with Crippen LogP contribution in [0.2, 0.25) is 0 Å². The van der Waals surface area contributed by atoms with Crippen LogP contribution in [-0.4, -0.2) is 10.2 Å². The van der Waals surface area contributed by atoms with Crippen LogP contribution in [0.5, 0.6) is 0 Å². The van der Waals surface area contributed by atoms with Crippen LogP contribution in [0, 0.1) is 5.92 Å². The second-order valence-electron chi connectivity index (χ2n) is 3.69. The monoisotopic (exact) mass is 211 g/mol. The number of nitrogens with zero attached hydrogens (tertiary/aromatic N) is 1. The summed E-state index contributed by atoms with van der Waals surface area (Å²) >= 11 is 1.68. The quantitative estimate of drug-likeness (QED) is 0.753. The molecule has 3 nitrogen and oxygen atoms in total. The molecule has 0 aromatic carbocycles. The molecule has 1 rings (SSSR count). The molecule has 0 fully saturated rings. The van der Waals surface area contributed by atoms with Crippen molar-refractivity contribution in [2.75, 3.05) is 11.5 Å². The maximum Gasteiger partial charge on any atom is 0.121 e. The molecule has 4 N–H and O–H groups in total. The van der Waals surface area contributed by atoms with Crippen molar-refractivity contribution in [2.24, 2.45) is 5.92 Å². The van der Waals surface area contributed by atoms with Gasteiger partial charge in [-0.15, -0.1) is 11.8 Å². The van der Waals surface area contributed by atoms with E-state index >= 15 is 0 Å². The van der Waals surface area contributed by atoms with E-state index in [1.54, 1.807) is 24.0 Å². The summed E-state index contributed by atoms with van der Waals surface area (Å²) in [5.41, 5.74) is 12.7. The molecule has 14 heavy (non-hydrogen) atoms. The Morgan fingerprint density at radius 2 is 1.93 bits per heavy atom. The van der Waals surface area contributed by atoms with Crippen LogP contribution in [0.25, 0.3) is 0 Å². The molecule has 0 aliphatic rings. The van der Waals surface area contributed by atoms with Gasteiger partial charge >= 0.3 is 0 Å². The largest absolute Gasteiger partial charge is 0.397 e. The van der Waals surface area contributed by atoms with Crippen molar-refractivity contribution in [1.29, 1.82) is 0 Å². The normalized spacial score (nSPS) is 13.1. The van der Waals surface area contributed by atoms with Gasteiger partial charge in [0.15, 0.2) is 0 Å². The van der Waals surface area contributed by atoms with Crippen molar-refractivity contribution >= 4 is 23.1 Å². The smallest absolute Gasteiger partial charge is 0.121 e. The van der Waals surface area contributed by atoms with Crippen LogP contribution in [0.4, 0.5) is 11.4 Å². The summed E-state index contributed by atoms with van der Waals surface area (Å²) in [6.45, 7) is 6.53. The minimum atomic E-state index is 0.492. The Balaban J connectivity index is 2.82. The SMILES string of the molecule is CC(C)C(C)Sc1nccc(N)c1N. The molecule has 1 aromatic rings. The zero-order chi connectivity index (χ0) is 10.7. The predicted molar refractivity (Wildman–Crippen MR) is 63.2 cm³/mol. The fourth-order valence-corrected chi connectivity index (χ4v) is 1.86. The summed E-state index contributed by atoms with van der Waals surface area (Å²) in [4.78, 5) is 4.22. The molecule has 1 heterocycles. The fraction of sp³-hybridized carbons (Fsp3) is 0.500. The molecular weight excluding hydrogens is 194 g/mol. The second kappa shape index (κ2) is 4.55. The predicted octanol–water partition coefficient (Wildman–Crippen LogP) is 2.38. The molecule has 0 bridgehead atoms. The molecule has 0 spiro atoms. The summed E-state index contributed by atoms with van der Waals surface area (Å²) in [6, 6.07) is 1.72. The molecule has 0 amide bonds. The third-order valence-electron chi connectivity index (χ3n) is 2.22. The number of anilines is 2. The van der Waals surface area contributed by atoms with E-state index in [4.69, 9.17) is 11.5 Å². The number of pyridine rings is 1. The zero-order valence-corrected chi connectivity index (χ0v) is 9.64. The first-order valence-corrected chi connectivity index (χ1v) is 5.57. The summed E-state index contributed by atoms with van der Waals surface area (Å²) < 4.78 is 0. The lowest BCUT2D eigenvalue weighted by Gasteiger charge is -2.15. The minimum absolute atomic E-state index is 0.492. The van der Waals surface area contributed by atoms with Gasteiger partial charge in [0.05, 0.1) is 11.4 Å². The maximum atomic E-state index is 5.82. The molecule has 1 aromatic heterocycles. The average molecular weight is 211 g/mol. The Morgan fingerprint density at radius 1 is 1.29 bits per heavy atom. The van der Waals surface area contributed by atoms with Gasteiger partial charge in [0, 0.05) is 11.4 Å². The second-order valence-corrected chi connectivity index (χ2v) is 5.05. The number of rotatable bonds is 3. The molecule has 1 unspecified atom stereocenters. The van der Waals surface area contributed by atoms with Crippen molar-refractivity contribution in [3.8, 4) is 0 Å². The van der Waals surface area contributed by atoms with Crippen molar-refractivity contribution in [1.82, 2.24) is 4.98 Å². The number of nitrogens with two attached hydrogens (primary N) is 2. The van der Waals surface area contributed by atoms with Gasteiger partial charge in [0.2, 0.25) is 0 Å². The Morgan fingerprint density at radius 3 is 2.50 bits per heavy atom. The average Bonchev–Trinajstić information content (AvgIpc) is 2.12. The number of thioether (sulfide) groups is 1. The highest BCUT2D eigenvalue weighted by atomic mass is 32.2. The highest BCUT2D eigenvalue weighted by molar-refractivity contribution is 8.00. The van der Waals surface area contributed by atoms with Gasteiger partial charge in [-0.25, -0.2) is 4.98 Å². The zero-order valence-electron chi connectivity index (χ0n) is 8.82. The summed E-state index contributed by atoms with van der Waals surface area (Å²) in [7, 11) is 0. The summed E-state index contributed by atoms with van der Waals surface area (Å²) in [5.74, 6) is 0.600. The molecule has 1 atom stereocenters. The third kappa shape index (κ3) is 2.54. The van der Waals surface area contributed by atoms with Gasteiger partial charge in [0.25, 0.3) is 0 Å². The van der Waals surface area contributed by atoms with Crippen molar-refractivity contribution in [3.63, 3.8) is 0 Å². The number of hydrogen-bond acceptors (Lipinski definition) is 4. The molecule has 0 aliphatic carbocycles. The Labute approximate surface area is 89.3 Å². The topological polar surface area (TPSA) is 64.9 Å². The van der Waals surface area contributed by atoms with Crippen LogP contribution in [0.3, 0.4) is 0 Å². The van der Waals surface area contributed by atoms with E-state index in [1.165, 1.54) is 0 Å². The van der Waals surface area contributed by atoms with E-state index < -0.39 is 0 Å². The molecule has 78 valence electrons. The standard InChI is InChI=1S/C10H17N3S/c1-6(2)7(3)14-10-9(12)8(11)4-5-13-10/h4-7H,12H2,1-3H3,(H2,11,13). The third-order valence-corrected chi connectivity index (χ3v) is 3.69. The fourth-order valence-electron chi connectivity index (χ4n) is 0.874. The number of aromatic nitrogens is 1. The van der Waals surface area contributed by atoms with Gasteiger partial charge in [-0.05, 0) is 12.0 Å². The first-order chi connectivity index (χ1) is 6.52. The van der Waals surface area contributed by atoms with Gasteiger partial charge in [-0.1, -0.05) is 20.8 Å². The van der Waals surface area contributed by atoms with Crippen molar-refractivity contribution in [2.45, 2.75) is 31.0 Å². The minimum Gasteiger partial charge on any atom is -0.397 e. The first kappa shape index (κ1) is 11.2. The summed E-state index contributed by atoms with van der Waals surface area (Å²) in [6.07, 6.45) is 1.70. The molecule has 0 aliphatic heterocycles. The van der Waals surface area contributed by atoms with Crippen molar-refractivity contribution < 1.29 is 0 Å². The Bertz CT molecular complexity index is 312. The highest BCUT2D eigenvalue weighted by Crippen LogP contribution is 2.32. The van der Waals surface area contributed by atoms with Gasteiger partial charge < -0.3 is 11.5 Å². The molecule has 0 saturated carbocycles. The molecule has 0 saturated heterocycles. The van der Waals surface area contributed by atoms with Crippen LogP contribution in [0.1, 0.15) is 20.8 Å². The molecule has 0 radical (unpaired) electrons. The van der Waals surface area contributed by atoms with Gasteiger partial charge in [-0.3, -0.25) is 0 Å². The van der Waals surface area contributed by atoms with E-state index in [-0.39, 0.29) is 0 Å². The van der Waals surface area contributed by atoms with Crippen LogP contribution < -0.4 is 11.5 Å². The molecule has 4 heteroatoms. The van der Waals surface area contributed by atoms with Crippen LogP contribution >= 0.6 is 11.8 Å². The van der Waals surface area contributed by atoms with Crippen LogP contribution in [-0.2, 0) is 0 Å². The Hall–Kier alpha value is -0.900.